The van der Waals surface area contributed by atoms with E-state index in [-0.39, 0.29) is 11.5 Å². The van der Waals surface area contributed by atoms with E-state index in [0.29, 0.717) is 18.9 Å². The molecule has 4 rings (SSSR count). The van der Waals surface area contributed by atoms with Gasteiger partial charge in [-0.2, -0.15) is 5.10 Å². The van der Waals surface area contributed by atoms with Crippen LogP contribution < -0.4 is 5.56 Å². The number of carbonyl (C=O) groups is 1. The third-order valence-corrected chi connectivity index (χ3v) is 6.07. The van der Waals surface area contributed by atoms with Crippen LogP contribution in [0.15, 0.2) is 65.5 Å². The van der Waals surface area contributed by atoms with E-state index in [0.717, 1.165) is 48.3 Å². The average molecular weight is 416 g/mol. The van der Waals surface area contributed by atoms with Crippen LogP contribution in [0.25, 0.3) is 11.3 Å². The minimum absolute atomic E-state index is 0.0601. The summed E-state index contributed by atoms with van der Waals surface area (Å²) in [7, 11) is 0. The molecule has 5 heteroatoms. The zero-order valence-electron chi connectivity index (χ0n) is 18.3. The van der Waals surface area contributed by atoms with Gasteiger partial charge in [-0.3, -0.25) is 9.59 Å². The number of piperidine rings is 1. The predicted octanol–water partition coefficient (Wildman–Crippen LogP) is 4.01. The highest BCUT2D eigenvalue weighted by atomic mass is 16.2. The summed E-state index contributed by atoms with van der Waals surface area (Å²) in [6, 6.07) is 19.8. The van der Waals surface area contributed by atoms with Gasteiger partial charge in [0.2, 0.25) is 5.91 Å². The Bertz CT molecular complexity index is 1110. The van der Waals surface area contributed by atoms with Gasteiger partial charge in [-0.05, 0) is 43.7 Å². The first-order valence-corrected chi connectivity index (χ1v) is 11.0. The van der Waals surface area contributed by atoms with Gasteiger partial charge >= 0.3 is 0 Å². The normalized spacial score (nSPS) is 14.6. The molecule has 1 saturated heterocycles. The molecule has 31 heavy (non-hydrogen) atoms. The molecule has 0 radical (unpaired) electrons. The molecule has 0 unspecified atom stereocenters. The first-order chi connectivity index (χ1) is 15.0. The van der Waals surface area contributed by atoms with E-state index < -0.39 is 0 Å². The number of rotatable bonds is 5. The van der Waals surface area contributed by atoms with E-state index in [1.54, 1.807) is 10.7 Å². The number of likely N-dealkylation sites (tertiary alicyclic amines) is 1. The Morgan fingerprint density at radius 3 is 2.45 bits per heavy atom. The number of carbonyl (C=O) groups excluding carboxylic acids is 1. The molecule has 0 saturated carbocycles. The van der Waals surface area contributed by atoms with E-state index in [1.807, 2.05) is 67.3 Å². The summed E-state index contributed by atoms with van der Waals surface area (Å²) < 4.78 is 1.60. The molecule has 2 heterocycles. The Hall–Kier alpha value is -3.21. The first kappa shape index (κ1) is 21.0. The molecule has 160 valence electrons. The second-order valence-corrected chi connectivity index (χ2v) is 8.55. The van der Waals surface area contributed by atoms with Gasteiger partial charge in [0.25, 0.3) is 5.56 Å². The number of hydrogen-bond donors (Lipinski definition) is 0. The largest absolute Gasteiger partial charge is 0.342 e. The molecule has 1 aliphatic rings. The van der Waals surface area contributed by atoms with Gasteiger partial charge in [0.15, 0.2) is 0 Å². The average Bonchev–Trinajstić information content (AvgIpc) is 2.77. The molecule has 0 spiro atoms. The van der Waals surface area contributed by atoms with Gasteiger partial charge in [0, 0.05) is 31.3 Å². The summed E-state index contributed by atoms with van der Waals surface area (Å²) >= 11 is 0. The van der Waals surface area contributed by atoms with Crippen molar-refractivity contribution in [1.82, 2.24) is 14.7 Å². The minimum atomic E-state index is -0.0601. The van der Waals surface area contributed by atoms with Crippen molar-refractivity contribution in [1.29, 1.82) is 0 Å². The number of hydrogen-bond acceptors (Lipinski definition) is 3. The zero-order valence-corrected chi connectivity index (χ0v) is 18.3. The maximum atomic E-state index is 12.7. The molecule has 1 amide bonds. The second-order valence-electron chi connectivity index (χ2n) is 8.55. The van der Waals surface area contributed by atoms with E-state index in [1.165, 1.54) is 5.56 Å². The van der Waals surface area contributed by atoms with Gasteiger partial charge in [0.1, 0.15) is 0 Å². The summed E-state index contributed by atoms with van der Waals surface area (Å²) in [5.74, 6) is 0.528. The lowest BCUT2D eigenvalue weighted by Gasteiger charge is -2.32. The highest BCUT2D eigenvalue weighted by molar-refractivity contribution is 5.78. The van der Waals surface area contributed by atoms with Crippen molar-refractivity contribution in [2.24, 2.45) is 5.92 Å². The predicted molar refractivity (Wildman–Crippen MR) is 123 cm³/mol. The minimum Gasteiger partial charge on any atom is -0.342 e. The van der Waals surface area contributed by atoms with Crippen LogP contribution in [-0.4, -0.2) is 33.7 Å². The third kappa shape index (κ3) is 5.10. The number of nitrogens with zero attached hydrogens (tertiary/aromatic N) is 3. The van der Waals surface area contributed by atoms with Crippen molar-refractivity contribution in [2.75, 3.05) is 13.1 Å². The molecule has 2 aromatic carbocycles. The fourth-order valence-electron chi connectivity index (χ4n) is 4.31. The molecule has 5 nitrogen and oxygen atoms in total. The summed E-state index contributed by atoms with van der Waals surface area (Å²) in [4.78, 5) is 27.2. The lowest BCUT2D eigenvalue weighted by atomic mass is 9.96. The van der Waals surface area contributed by atoms with Crippen LogP contribution in [0.1, 0.15) is 29.5 Å². The maximum absolute atomic E-state index is 12.7. The van der Waals surface area contributed by atoms with E-state index in [4.69, 9.17) is 0 Å². The molecule has 1 aliphatic heterocycles. The molecule has 0 aliphatic carbocycles. The quantitative estimate of drug-likeness (QED) is 0.633. The molecule has 3 aromatic rings. The Balaban J connectivity index is 1.39. The standard InChI is InChI=1S/C26H29N3O2/c1-19-7-6-8-22(15-19)17-24(30)28-13-11-21(12-14-28)18-29-25(31)16-20(2)26(27-29)23-9-4-3-5-10-23/h3-10,15-16,21H,11-14,17-18H2,1-2H3. The summed E-state index contributed by atoms with van der Waals surface area (Å²) in [5, 5.41) is 4.68. The van der Waals surface area contributed by atoms with Crippen molar-refractivity contribution in [3.8, 4) is 11.3 Å². The number of aryl methyl sites for hydroxylation is 2. The van der Waals surface area contributed by atoms with Crippen molar-refractivity contribution >= 4 is 5.91 Å². The van der Waals surface area contributed by atoms with Gasteiger partial charge in [0.05, 0.1) is 12.1 Å². The highest BCUT2D eigenvalue weighted by Crippen LogP contribution is 2.22. The van der Waals surface area contributed by atoms with Crippen molar-refractivity contribution in [3.63, 3.8) is 0 Å². The molecule has 1 fully saturated rings. The molecule has 0 bridgehead atoms. The van der Waals surface area contributed by atoms with Crippen LogP contribution in [0.2, 0.25) is 0 Å². The highest BCUT2D eigenvalue weighted by Gasteiger charge is 2.24. The number of aromatic nitrogens is 2. The fourth-order valence-corrected chi connectivity index (χ4v) is 4.31. The molecule has 0 atom stereocenters. The number of amides is 1. The monoisotopic (exact) mass is 415 g/mol. The fraction of sp³-hybridized carbons (Fsp3) is 0.346. The van der Waals surface area contributed by atoms with Crippen molar-refractivity contribution in [3.05, 3.63) is 87.7 Å². The van der Waals surface area contributed by atoms with E-state index in [9.17, 15) is 9.59 Å². The zero-order chi connectivity index (χ0) is 21.8. The van der Waals surface area contributed by atoms with Crippen molar-refractivity contribution in [2.45, 2.75) is 39.7 Å². The van der Waals surface area contributed by atoms with Crippen LogP contribution >= 0.6 is 0 Å². The van der Waals surface area contributed by atoms with Crippen LogP contribution in [-0.2, 0) is 17.8 Å². The number of benzene rings is 2. The molecular weight excluding hydrogens is 386 g/mol. The van der Waals surface area contributed by atoms with Crippen molar-refractivity contribution < 1.29 is 4.79 Å². The summed E-state index contributed by atoms with van der Waals surface area (Å²) in [5.41, 5.74) is 4.95. The topological polar surface area (TPSA) is 55.2 Å². The van der Waals surface area contributed by atoms with Gasteiger partial charge in [-0.25, -0.2) is 4.68 Å². The lowest BCUT2D eigenvalue weighted by molar-refractivity contribution is -0.131. The molecular formula is C26H29N3O2. The van der Waals surface area contributed by atoms with Crippen LogP contribution in [0, 0.1) is 19.8 Å². The SMILES string of the molecule is Cc1cccc(CC(=O)N2CCC(Cn3nc(-c4ccccc4)c(C)cc3=O)CC2)c1. The molecule has 1 aromatic heterocycles. The summed E-state index contributed by atoms with van der Waals surface area (Å²) in [6.45, 7) is 6.05. The van der Waals surface area contributed by atoms with Crippen LogP contribution in [0.5, 0.6) is 0 Å². The Morgan fingerprint density at radius 1 is 1.00 bits per heavy atom. The van der Waals surface area contributed by atoms with Crippen LogP contribution in [0.4, 0.5) is 0 Å². The van der Waals surface area contributed by atoms with Crippen LogP contribution in [0.3, 0.4) is 0 Å². The Morgan fingerprint density at radius 2 is 1.74 bits per heavy atom. The smallest absolute Gasteiger partial charge is 0.267 e. The van der Waals surface area contributed by atoms with Gasteiger partial charge in [-0.1, -0.05) is 60.2 Å². The van der Waals surface area contributed by atoms with Gasteiger partial charge in [-0.15, -0.1) is 0 Å². The van der Waals surface area contributed by atoms with E-state index in [2.05, 4.69) is 11.2 Å². The third-order valence-electron chi connectivity index (χ3n) is 6.07. The molecule has 0 N–H and O–H groups in total. The Labute approximate surface area is 183 Å². The Kier molecular flexibility index (Phi) is 6.31. The first-order valence-electron chi connectivity index (χ1n) is 11.0. The maximum Gasteiger partial charge on any atom is 0.267 e. The second kappa shape index (κ2) is 9.29. The van der Waals surface area contributed by atoms with Gasteiger partial charge < -0.3 is 4.90 Å². The summed E-state index contributed by atoms with van der Waals surface area (Å²) in [6.07, 6.45) is 2.23. The lowest BCUT2D eigenvalue weighted by Crippen LogP contribution is -2.41. The van der Waals surface area contributed by atoms with E-state index >= 15 is 0 Å².